The molecule has 8 nitrogen and oxygen atoms in total. The lowest BCUT2D eigenvalue weighted by Crippen LogP contribution is -2.24. The quantitative estimate of drug-likeness (QED) is 0.374. The average molecular weight is 386 g/mol. The molecular weight excluding hydrogens is 364 g/mol. The fourth-order valence-corrected chi connectivity index (χ4v) is 3.16. The molecule has 0 unspecified atom stereocenters. The number of carbonyl (C=O) groups excluding carboxylic acids is 2. The van der Waals surface area contributed by atoms with Crippen LogP contribution in [0, 0.1) is 0 Å². The first-order valence-electron chi connectivity index (χ1n) is 8.99. The number of carbonyl (C=O) groups is 2. The summed E-state index contributed by atoms with van der Waals surface area (Å²) in [7, 11) is 0. The second-order valence-electron chi connectivity index (χ2n) is 6.48. The number of ketones is 2. The molecule has 8 heteroatoms. The van der Waals surface area contributed by atoms with Crippen molar-refractivity contribution in [3.05, 3.63) is 34.4 Å². The molecule has 0 spiro atoms. The highest BCUT2D eigenvalue weighted by atomic mass is 16.5. The van der Waals surface area contributed by atoms with Crippen molar-refractivity contribution in [1.29, 1.82) is 0 Å². The molecule has 0 heterocycles. The summed E-state index contributed by atoms with van der Waals surface area (Å²) in [6.45, 7) is 4.33. The van der Waals surface area contributed by atoms with Crippen molar-refractivity contribution >= 4 is 22.9 Å². The van der Waals surface area contributed by atoms with E-state index in [1.54, 1.807) is 0 Å². The van der Waals surface area contributed by atoms with Crippen LogP contribution in [0.2, 0.25) is 0 Å². The number of hydrogen-bond acceptors (Lipinski definition) is 8. The number of benzene rings is 2. The zero-order valence-corrected chi connectivity index (χ0v) is 15.7. The lowest BCUT2D eigenvalue weighted by atomic mass is 9.81. The predicted molar refractivity (Wildman–Crippen MR) is 103 cm³/mol. The topological polar surface area (TPSA) is 145 Å². The summed E-state index contributed by atoms with van der Waals surface area (Å²) in [6.07, 6.45) is 1.34. The lowest BCUT2D eigenvalue weighted by molar-refractivity contribution is 0.0974. The largest absolute Gasteiger partial charge is 0.504 e. The number of nitrogens with two attached hydrogens (primary N) is 2. The molecule has 0 fully saturated rings. The standard InChI is InChI=1S/C20H22N2O6/c1-3-5-27-11-7-9(21)13-15(17(11)23)20(26)16-14(19(13)25)10(22)8-12(18(16)24)28-6-4-2/h7-8,23-24H,3-6,21-22H2,1-2H3. The van der Waals surface area contributed by atoms with E-state index in [-0.39, 0.29) is 58.3 Å². The van der Waals surface area contributed by atoms with Crippen molar-refractivity contribution in [2.75, 3.05) is 24.7 Å². The number of rotatable bonds is 6. The number of phenols is 2. The summed E-state index contributed by atoms with van der Waals surface area (Å²) >= 11 is 0. The van der Waals surface area contributed by atoms with Crippen molar-refractivity contribution in [2.45, 2.75) is 26.7 Å². The van der Waals surface area contributed by atoms with Crippen LogP contribution in [0.4, 0.5) is 11.4 Å². The SMILES string of the molecule is CCCOc1cc(N)c2c(c1O)C(=O)c1c(O)c(OCCC)cc(N)c1C2=O. The van der Waals surface area contributed by atoms with E-state index >= 15 is 0 Å². The molecule has 3 rings (SSSR count). The van der Waals surface area contributed by atoms with Crippen LogP contribution in [0.5, 0.6) is 23.0 Å². The fourth-order valence-electron chi connectivity index (χ4n) is 3.16. The summed E-state index contributed by atoms with van der Waals surface area (Å²) in [5.41, 5.74) is 11.0. The van der Waals surface area contributed by atoms with Gasteiger partial charge in [-0.3, -0.25) is 9.59 Å². The maximum Gasteiger partial charge on any atom is 0.202 e. The van der Waals surface area contributed by atoms with E-state index in [1.807, 2.05) is 13.8 Å². The Morgan fingerprint density at radius 3 is 1.46 bits per heavy atom. The molecule has 2 aromatic rings. The molecule has 1 aliphatic rings. The van der Waals surface area contributed by atoms with Gasteiger partial charge in [-0.25, -0.2) is 0 Å². The third kappa shape index (κ3) is 2.87. The molecule has 0 saturated heterocycles. The summed E-state index contributed by atoms with van der Waals surface area (Å²) in [4.78, 5) is 26.2. The van der Waals surface area contributed by atoms with Gasteiger partial charge in [0.1, 0.15) is 0 Å². The van der Waals surface area contributed by atoms with Gasteiger partial charge < -0.3 is 31.2 Å². The minimum Gasteiger partial charge on any atom is -0.504 e. The maximum atomic E-state index is 13.2. The zero-order valence-electron chi connectivity index (χ0n) is 15.7. The maximum absolute atomic E-state index is 13.2. The minimum atomic E-state index is -0.776. The molecule has 148 valence electrons. The van der Waals surface area contributed by atoms with Gasteiger partial charge in [-0.1, -0.05) is 13.8 Å². The van der Waals surface area contributed by atoms with E-state index in [9.17, 15) is 19.8 Å². The number of nitrogen functional groups attached to an aromatic ring is 2. The van der Waals surface area contributed by atoms with E-state index in [1.165, 1.54) is 12.1 Å². The molecule has 0 radical (unpaired) electrons. The molecule has 0 saturated carbocycles. The molecule has 0 amide bonds. The van der Waals surface area contributed by atoms with Crippen LogP contribution in [0.25, 0.3) is 0 Å². The van der Waals surface area contributed by atoms with Gasteiger partial charge in [0.25, 0.3) is 0 Å². The van der Waals surface area contributed by atoms with Crippen molar-refractivity contribution < 1.29 is 29.3 Å². The van der Waals surface area contributed by atoms with Crippen LogP contribution < -0.4 is 20.9 Å². The van der Waals surface area contributed by atoms with Crippen LogP contribution in [0.1, 0.15) is 58.5 Å². The average Bonchev–Trinajstić information content (AvgIpc) is 2.66. The first-order valence-corrected chi connectivity index (χ1v) is 8.99. The van der Waals surface area contributed by atoms with Crippen LogP contribution >= 0.6 is 0 Å². The number of hydrogen-bond donors (Lipinski definition) is 4. The summed E-state index contributed by atoms with van der Waals surface area (Å²) in [5.74, 6) is -2.45. The van der Waals surface area contributed by atoms with Gasteiger partial charge in [0.15, 0.2) is 28.8 Å². The van der Waals surface area contributed by atoms with E-state index in [0.717, 1.165) is 0 Å². The molecule has 0 atom stereocenters. The molecule has 6 N–H and O–H groups in total. The first kappa shape index (κ1) is 19.3. The van der Waals surface area contributed by atoms with Crippen LogP contribution in [-0.2, 0) is 0 Å². The van der Waals surface area contributed by atoms with Crippen LogP contribution in [0.15, 0.2) is 12.1 Å². The number of aromatic hydroxyl groups is 2. The Bertz CT molecular complexity index is 908. The summed E-state index contributed by atoms with van der Waals surface area (Å²) in [6, 6.07) is 2.60. The monoisotopic (exact) mass is 386 g/mol. The Hall–Kier alpha value is -3.42. The number of ether oxygens (including phenoxy) is 2. The van der Waals surface area contributed by atoms with Gasteiger partial charge in [-0.15, -0.1) is 0 Å². The van der Waals surface area contributed by atoms with Crippen LogP contribution in [-0.4, -0.2) is 35.0 Å². The number of phenolic OH excluding ortho intramolecular Hbond substituents is 2. The molecular formula is C20H22N2O6. The van der Waals surface area contributed by atoms with Gasteiger partial charge in [0.2, 0.25) is 5.78 Å². The van der Waals surface area contributed by atoms with Crippen molar-refractivity contribution in [2.24, 2.45) is 0 Å². The zero-order chi connectivity index (χ0) is 20.6. The lowest BCUT2D eigenvalue weighted by Gasteiger charge is -2.24. The van der Waals surface area contributed by atoms with Crippen molar-refractivity contribution in [1.82, 2.24) is 0 Å². The highest BCUT2D eigenvalue weighted by molar-refractivity contribution is 6.33. The van der Waals surface area contributed by atoms with Gasteiger partial charge in [0, 0.05) is 23.5 Å². The third-order valence-electron chi connectivity index (χ3n) is 4.42. The Labute approximate surface area is 161 Å². The van der Waals surface area contributed by atoms with Gasteiger partial charge in [0.05, 0.1) is 35.5 Å². The summed E-state index contributed by atoms with van der Waals surface area (Å²) < 4.78 is 10.9. The van der Waals surface area contributed by atoms with Crippen molar-refractivity contribution in [3.63, 3.8) is 0 Å². The first-order chi connectivity index (χ1) is 13.3. The third-order valence-corrected chi connectivity index (χ3v) is 4.42. The molecule has 28 heavy (non-hydrogen) atoms. The van der Waals surface area contributed by atoms with E-state index in [4.69, 9.17) is 20.9 Å². The Morgan fingerprint density at radius 2 is 1.11 bits per heavy atom. The number of anilines is 2. The smallest absolute Gasteiger partial charge is 0.202 e. The Kier molecular flexibility index (Phi) is 5.04. The second-order valence-corrected chi connectivity index (χ2v) is 6.48. The van der Waals surface area contributed by atoms with Gasteiger partial charge in [-0.05, 0) is 12.8 Å². The van der Waals surface area contributed by atoms with E-state index in [2.05, 4.69) is 0 Å². The molecule has 0 aliphatic heterocycles. The molecule has 2 aromatic carbocycles. The van der Waals surface area contributed by atoms with E-state index in [0.29, 0.717) is 12.8 Å². The van der Waals surface area contributed by atoms with Gasteiger partial charge >= 0.3 is 0 Å². The predicted octanol–water partition coefficient (Wildman–Crippen LogP) is 2.62. The molecule has 1 aliphatic carbocycles. The highest BCUT2D eigenvalue weighted by Crippen LogP contribution is 2.47. The molecule has 0 bridgehead atoms. The van der Waals surface area contributed by atoms with Crippen LogP contribution in [0.3, 0.4) is 0 Å². The Balaban J connectivity index is 2.25. The second kappa shape index (κ2) is 7.30. The fraction of sp³-hybridized carbons (Fsp3) is 0.300. The van der Waals surface area contributed by atoms with Crippen molar-refractivity contribution in [3.8, 4) is 23.0 Å². The highest BCUT2D eigenvalue weighted by Gasteiger charge is 2.39. The minimum absolute atomic E-state index is 0.00597. The van der Waals surface area contributed by atoms with Gasteiger partial charge in [-0.2, -0.15) is 0 Å². The van der Waals surface area contributed by atoms with E-state index < -0.39 is 23.1 Å². The number of fused-ring (bicyclic) bond motifs is 2. The summed E-state index contributed by atoms with van der Waals surface area (Å²) in [5, 5.41) is 21.1. The Morgan fingerprint density at radius 1 is 0.750 bits per heavy atom. The molecule has 0 aromatic heterocycles. The normalized spacial score (nSPS) is 12.5.